The number of thioether (sulfide) groups is 1. The number of rotatable bonds is 2. The Bertz CT molecular complexity index is 1020. The van der Waals surface area contributed by atoms with E-state index in [1.165, 1.54) is 4.90 Å². The molecule has 3 aromatic rings. The fraction of sp³-hybridized carbons (Fsp3) is 0.158. The first-order chi connectivity index (χ1) is 12.8. The van der Waals surface area contributed by atoms with Crippen LogP contribution in [-0.2, 0) is 5.75 Å². The van der Waals surface area contributed by atoms with Crippen molar-refractivity contribution in [3.63, 3.8) is 0 Å². The van der Waals surface area contributed by atoms with E-state index in [4.69, 9.17) is 9.47 Å². The molecule has 0 saturated carbocycles. The molecule has 3 heterocycles. The summed E-state index contributed by atoms with van der Waals surface area (Å²) in [6.07, 6.45) is 0. The first kappa shape index (κ1) is 15.3. The molecule has 2 aromatic carbocycles. The summed E-state index contributed by atoms with van der Waals surface area (Å²) in [4.78, 5) is 13.9. The average molecular weight is 365 g/mol. The van der Waals surface area contributed by atoms with E-state index in [2.05, 4.69) is 21.6 Å². The minimum Gasteiger partial charge on any atom is -0.486 e. The number of H-pyrrole nitrogens is 1. The highest BCUT2D eigenvalue weighted by molar-refractivity contribution is 7.98. The second-order valence-electron chi connectivity index (χ2n) is 6.02. The second-order valence-corrected chi connectivity index (χ2v) is 7.04. The molecule has 0 atom stereocenters. The number of hydrogen-bond acceptors (Lipinski definition) is 5. The Morgan fingerprint density at radius 3 is 2.88 bits per heavy atom. The molecule has 1 aromatic heterocycles. The third-order valence-corrected chi connectivity index (χ3v) is 5.51. The van der Waals surface area contributed by atoms with Gasteiger partial charge in [0.25, 0.3) is 5.91 Å². The third-order valence-electron chi connectivity index (χ3n) is 4.41. The number of ether oxygens (including phenoxy) is 2. The van der Waals surface area contributed by atoms with Gasteiger partial charge >= 0.3 is 0 Å². The van der Waals surface area contributed by atoms with Gasteiger partial charge in [-0.05, 0) is 18.2 Å². The van der Waals surface area contributed by atoms with Crippen molar-refractivity contribution in [2.45, 2.75) is 10.6 Å². The number of benzene rings is 2. The Hall–Kier alpha value is -2.93. The predicted octanol–water partition coefficient (Wildman–Crippen LogP) is 3.71. The van der Waals surface area contributed by atoms with Crippen molar-refractivity contribution < 1.29 is 14.3 Å². The fourth-order valence-corrected chi connectivity index (χ4v) is 4.24. The third kappa shape index (κ3) is 2.52. The molecule has 2 N–H and O–H groups in total. The maximum atomic E-state index is 12.8. The number of nitrogens with one attached hydrogen (secondary N) is 2. The van der Waals surface area contributed by atoms with Crippen molar-refractivity contribution in [2.24, 2.45) is 0 Å². The molecule has 1 amide bonds. The van der Waals surface area contributed by atoms with Crippen molar-refractivity contribution in [1.29, 1.82) is 0 Å². The molecule has 0 aliphatic carbocycles. The van der Waals surface area contributed by atoms with Crippen molar-refractivity contribution >= 4 is 23.4 Å². The number of anilines is 1. The summed E-state index contributed by atoms with van der Waals surface area (Å²) in [5, 5.41) is 10.2. The van der Waals surface area contributed by atoms with Crippen LogP contribution >= 0.6 is 11.8 Å². The van der Waals surface area contributed by atoms with E-state index in [0.29, 0.717) is 41.8 Å². The maximum Gasteiger partial charge on any atom is 0.274 e. The van der Waals surface area contributed by atoms with Gasteiger partial charge in [-0.3, -0.25) is 9.89 Å². The second kappa shape index (κ2) is 6.10. The molecule has 0 bridgehead atoms. The monoisotopic (exact) mass is 365 g/mol. The zero-order chi connectivity index (χ0) is 17.5. The number of hydrogen-bond donors (Lipinski definition) is 2. The molecule has 0 fully saturated rings. The summed E-state index contributed by atoms with van der Waals surface area (Å²) in [6, 6.07) is 13.5. The quantitative estimate of drug-likeness (QED) is 0.724. The van der Waals surface area contributed by atoms with Gasteiger partial charge < -0.3 is 14.8 Å². The minimum absolute atomic E-state index is 0.213. The normalized spacial score (nSPS) is 14.3. The van der Waals surface area contributed by atoms with Crippen LogP contribution in [-0.4, -0.2) is 29.3 Å². The van der Waals surface area contributed by atoms with Gasteiger partial charge in [-0.15, -0.1) is 11.8 Å². The van der Waals surface area contributed by atoms with Crippen LogP contribution in [0.15, 0.2) is 47.4 Å². The van der Waals surface area contributed by atoms with E-state index < -0.39 is 0 Å². The predicted molar refractivity (Wildman–Crippen MR) is 99.0 cm³/mol. The van der Waals surface area contributed by atoms with Crippen molar-refractivity contribution in [3.8, 4) is 22.8 Å². The van der Waals surface area contributed by atoms with E-state index in [9.17, 15) is 4.79 Å². The lowest BCUT2D eigenvalue weighted by Crippen LogP contribution is -2.17. The fourth-order valence-electron chi connectivity index (χ4n) is 3.17. The molecule has 2 aliphatic rings. The van der Waals surface area contributed by atoms with Gasteiger partial charge in [0.15, 0.2) is 11.5 Å². The zero-order valence-electron chi connectivity index (χ0n) is 13.7. The lowest BCUT2D eigenvalue weighted by atomic mass is 10.1. The number of carbonyl (C=O) groups is 1. The minimum atomic E-state index is -0.213. The average Bonchev–Trinajstić information content (AvgIpc) is 3.13. The van der Waals surface area contributed by atoms with E-state index >= 15 is 0 Å². The van der Waals surface area contributed by atoms with Gasteiger partial charge in [-0.1, -0.05) is 18.2 Å². The number of aromatic amines is 1. The smallest absolute Gasteiger partial charge is 0.274 e. The number of fused-ring (bicyclic) bond motifs is 4. The highest BCUT2D eigenvalue weighted by Gasteiger charge is 2.25. The van der Waals surface area contributed by atoms with E-state index in [-0.39, 0.29) is 5.91 Å². The molecule has 0 unspecified atom stereocenters. The van der Waals surface area contributed by atoms with Gasteiger partial charge in [0.05, 0.1) is 5.69 Å². The van der Waals surface area contributed by atoms with Crippen LogP contribution < -0.4 is 14.8 Å². The van der Waals surface area contributed by atoms with Crippen LogP contribution in [0.2, 0.25) is 0 Å². The molecule has 7 heteroatoms. The molecule has 5 rings (SSSR count). The Morgan fingerprint density at radius 2 is 1.96 bits per heavy atom. The van der Waals surface area contributed by atoms with E-state index in [1.54, 1.807) is 30.0 Å². The van der Waals surface area contributed by atoms with Crippen molar-refractivity contribution in [3.05, 3.63) is 53.7 Å². The van der Waals surface area contributed by atoms with Crippen LogP contribution in [0.5, 0.6) is 11.5 Å². The summed E-state index contributed by atoms with van der Waals surface area (Å²) in [5.41, 5.74) is 4.01. The molecule has 0 saturated heterocycles. The van der Waals surface area contributed by atoms with Crippen LogP contribution in [0.1, 0.15) is 16.1 Å². The van der Waals surface area contributed by atoms with Crippen LogP contribution in [0, 0.1) is 0 Å². The molecular formula is C19H15N3O3S. The summed E-state index contributed by atoms with van der Waals surface area (Å²) < 4.78 is 11.1. The first-order valence-corrected chi connectivity index (χ1v) is 9.28. The number of aromatic nitrogens is 2. The summed E-state index contributed by atoms with van der Waals surface area (Å²) in [6.45, 7) is 1.05. The Labute approximate surface area is 153 Å². The highest BCUT2D eigenvalue weighted by atomic mass is 32.2. The lowest BCUT2D eigenvalue weighted by molar-refractivity contribution is 0.102. The topological polar surface area (TPSA) is 76.2 Å². The van der Waals surface area contributed by atoms with Gasteiger partial charge in [0.1, 0.15) is 18.9 Å². The van der Waals surface area contributed by atoms with E-state index in [1.807, 2.05) is 18.2 Å². The van der Waals surface area contributed by atoms with E-state index in [0.717, 1.165) is 16.8 Å². The Balaban J connectivity index is 1.43. The number of carbonyl (C=O) groups excluding carboxylic acids is 1. The summed E-state index contributed by atoms with van der Waals surface area (Å²) in [5.74, 6) is 1.84. The molecule has 0 radical (unpaired) electrons. The molecule has 26 heavy (non-hydrogen) atoms. The summed E-state index contributed by atoms with van der Waals surface area (Å²) >= 11 is 1.72. The Morgan fingerprint density at radius 1 is 1.12 bits per heavy atom. The van der Waals surface area contributed by atoms with Crippen LogP contribution in [0.3, 0.4) is 0 Å². The largest absolute Gasteiger partial charge is 0.486 e. The highest BCUT2D eigenvalue weighted by Crippen LogP contribution is 2.41. The lowest BCUT2D eigenvalue weighted by Gasteiger charge is -2.19. The zero-order valence-corrected chi connectivity index (χ0v) is 14.6. The maximum absolute atomic E-state index is 12.8. The van der Waals surface area contributed by atoms with Gasteiger partial charge in [0.2, 0.25) is 0 Å². The molecule has 2 aliphatic heterocycles. The summed E-state index contributed by atoms with van der Waals surface area (Å²) in [7, 11) is 0. The standard InChI is InChI=1S/C19H15N3O3S/c23-19(20-11-5-6-14-15(9-11)25-8-7-24-14)18-13-10-26-16-4-2-1-3-12(16)17(13)21-22-18/h1-6,9H,7-8,10H2,(H,20,23)(H,21,22). The van der Waals surface area contributed by atoms with Crippen LogP contribution in [0.25, 0.3) is 11.3 Å². The molecule has 6 nitrogen and oxygen atoms in total. The van der Waals surface area contributed by atoms with Crippen molar-refractivity contribution in [2.75, 3.05) is 18.5 Å². The first-order valence-electron chi connectivity index (χ1n) is 8.30. The number of amides is 1. The molecule has 130 valence electrons. The molecule has 0 spiro atoms. The Kier molecular flexibility index (Phi) is 3.60. The van der Waals surface area contributed by atoms with Gasteiger partial charge in [0, 0.05) is 33.5 Å². The van der Waals surface area contributed by atoms with Crippen LogP contribution in [0.4, 0.5) is 5.69 Å². The SMILES string of the molecule is O=C(Nc1ccc2c(c1)OCCO2)c1[nH]nc2c1CSc1ccccc1-2. The molecular weight excluding hydrogens is 350 g/mol. The van der Waals surface area contributed by atoms with Crippen molar-refractivity contribution in [1.82, 2.24) is 10.2 Å². The van der Waals surface area contributed by atoms with Gasteiger partial charge in [-0.2, -0.15) is 5.10 Å². The van der Waals surface area contributed by atoms with Gasteiger partial charge in [-0.25, -0.2) is 0 Å². The number of nitrogens with zero attached hydrogens (tertiary/aromatic N) is 1.